The summed E-state index contributed by atoms with van der Waals surface area (Å²) in [6, 6.07) is 4.04. The smallest absolute Gasteiger partial charge is 0.340 e. The highest BCUT2D eigenvalue weighted by Gasteiger charge is 2.33. The quantitative estimate of drug-likeness (QED) is 0.826. The van der Waals surface area contributed by atoms with Crippen LogP contribution in [0.25, 0.3) is 10.9 Å². The lowest BCUT2D eigenvalue weighted by Gasteiger charge is -2.45. The van der Waals surface area contributed by atoms with Crippen molar-refractivity contribution in [2.75, 3.05) is 33.3 Å². The topological polar surface area (TPSA) is 59.4 Å². The number of hydrogen-bond donors (Lipinski definition) is 1. The maximum absolute atomic E-state index is 12.1. The molecule has 2 aromatic rings. The molecule has 25 heavy (non-hydrogen) atoms. The summed E-state index contributed by atoms with van der Waals surface area (Å²) in [6.45, 7) is 5.17. The third-order valence-electron chi connectivity index (χ3n) is 5.49. The van der Waals surface area contributed by atoms with E-state index in [1.165, 1.54) is 33.0 Å². The Hall–Kier alpha value is -1.63. The fourth-order valence-electron chi connectivity index (χ4n) is 4.18. The molecule has 3 aliphatic heterocycles. The number of nitrogens with one attached hydrogen (secondary N) is 1. The van der Waals surface area contributed by atoms with Crippen molar-refractivity contribution in [1.82, 2.24) is 20.0 Å². The second-order valence-electron chi connectivity index (χ2n) is 6.95. The molecule has 2 bridgehead atoms. The van der Waals surface area contributed by atoms with Gasteiger partial charge in [0, 0.05) is 29.5 Å². The van der Waals surface area contributed by atoms with Crippen molar-refractivity contribution in [3.8, 4) is 0 Å². The molecule has 0 amide bonds. The van der Waals surface area contributed by atoms with Crippen molar-refractivity contribution in [2.24, 2.45) is 5.92 Å². The summed E-state index contributed by atoms with van der Waals surface area (Å²) in [5, 5.41) is 9.50. The maximum atomic E-state index is 12.1. The third kappa shape index (κ3) is 3.26. The van der Waals surface area contributed by atoms with Gasteiger partial charge in [0.2, 0.25) is 0 Å². The lowest BCUT2D eigenvalue weighted by molar-refractivity contribution is 0.0602. The summed E-state index contributed by atoms with van der Waals surface area (Å²) >= 11 is 6.11. The van der Waals surface area contributed by atoms with Crippen molar-refractivity contribution in [3.63, 3.8) is 0 Å². The highest BCUT2D eigenvalue weighted by molar-refractivity contribution is 6.32. The fourth-order valence-corrected chi connectivity index (χ4v) is 4.41. The average molecular weight is 363 g/mol. The second kappa shape index (κ2) is 6.94. The van der Waals surface area contributed by atoms with Gasteiger partial charge in [0.15, 0.2) is 0 Å². The van der Waals surface area contributed by atoms with E-state index in [9.17, 15) is 4.79 Å². The van der Waals surface area contributed by atoms with Gasteiger partial charge in [0.05, 0.1) is 30.9 Å². The van der Waals surface area contributed by atoms with Gasteiger partial charge in [0.25, 0.3) is 0 Å². The van der Waals surface area contributed by atoms with Gasteiger partial charge in [-0.15, -0.1) is 0 Å². The van der Waals surface area contributed by atoms with Gasteiger partial charge in [0.1, 0.15) is 0 Å². The zero-order chi connectivity index (χ0) is 17.4. The molecule has 3 fully saturated rings. The minimum atomic E-state index is -0.389. The number of ether oxygens (including phenoxy) is 1. The van der Waals surface area contributed by atoms with Crippen LogP contribution >= 0.6 is 11.6 Å². The normalized spacial score (nSPS) is 25.4. The molecule has 3 saturated heterocycles. The molecule has 0 spiro atoms. The number of methoxy groups -OCH3 is 1. The number of piperidine rings is 3. The van der Waals surface area contributed by atoms with Crippen LogP contribution in [0.15, 0.2) is 18.3 Å². The molecule has 0 aliphatic carbocycles. The first-order valence-electron chi connectivity index (χ1n) is 8.85. The Morgan fingerprint density at radius 3 is 2.88 bits per heavy atom. The Bertz CT molecular complexity index is 783. The molecule has 4 heterocycles. The number of esters is 1. The molecule has 1 N–H and O–H groups in total. The van der Waals surface area contributed by atoms with E-state index in [4.69, 9.17) is 16.3 Å². The number of carbonyl (C=O) groups is 1. The average Bonchev–Trinajstić information content (AvgIpc) is 3.04. The Kier molecular flexibility index (Phi) is 4.67. The van der Waals surface area contributed by atoms with Crippen molar-refractivity contribution < 1.29 is 9.53 Å². The van der Waals surface area contributed by atoms with E-state index in [1.807, 2.05) is 10.7 Å². The molecule has 0 radical (unpaired) electrons. The molecular weight excluding hydrogens is 340 g/mol. The Balaban J connectivity index is 1.49. The largest absolute Gasteiger partial charge is 0.465 e. The number of hydrogen-bond acceptors (Lipinski definition) is 5. The van der Waals surface area contributed by atoms with Crippen LogP contribution in [0, 0.1) is 5.92 Å². The molecule has 134 valence electrons. The molecule has 0 unspecified atom stereocenters. The van der Waals surface area contributed by atoms with Gasteiger partial charge >= 0.3 is 5.97 Å². The number of nitrogens with zero attached hydrogens (tertiary/aromatic N) is 3. The summed E-state index contributed by atoms with van der Waals surface area (Å²) in [6.07, 6.45) is 4.35. The van der Waals surface area contributed by atoms with E-state index < -0.39 is 0 Å². The van der Waals surface area contributed by atoms with Gasteiger partial charge in [-0.1, -0.05) is 11.6 Å². The number of rotatable bonds is 5. The van der Waals surface area contributed by atoms with Gasteiger partial charge in [-0.05, 0) is 44.0 Å². The third-order valence-corrected chi connectivity index (χ3v) is 5.71. The van der Waals surface area contributed by atoms with Gasteiger partial charge in [-0.25, -0.2) is 4.79 Å². The van der Waals surface area contributed by atoms with Crippen LogP contribution in [0.1, 0.15) is 23.2 Å². The first-order valence-corrected chi connectivity index (χ1v) is 9.22. The highest BCUT2D eigenvalue weighted by atomic mass is 35.5. The van der Waals surface area contributed by atoms with E-state index in [0.29, 0.717) is 23.2 Å². The Morgan fingerprint density at radius 1 is 1.40 bits per heavy atom. The van der Waals surface area contributed by atoms with Crippen molar-refractivity contribution in [3.05, 3.63) is 28.9 Å². The minimum absolute atomic E-state index is 0.389. The lowest BCUT2D eigenvalue weighted by Crippen LogP contribution is -2.56. The predicted molar refractivity (Wildman–Crippen MR) is 97.0 cm³/mol. The van der Waals surface area contributed by atoms with Crippen molar-refractivity contribution in [1.29, 1.82) is 0 Å². The van der Waals surface area contributed by atoms with Crippen LogP contribution in [0.3, 0.4) is 0 Å². The molecule has 1 aromatic heterocycles. The first-order chi connectivity index (χ1) is 12.2. The standard InChI is InChI=1S/C18H23ClN4O2/c1-25-18(24)15-9-14(19)8-13-10-21-23(17(13)15)7-4-20-16-11-22-5-2-12(16)3-6-22/h8-10,12,16,20H,2-7,11H2,1H3/t16-/m1/s1. The number of aromatic nitrogens is 2. The van der Waals surface area contributed by atoms with Crippen LogP contribution in [0.4, 0.5) is 0 Å². The monoisotopic (exact) mass is 362 g/mol. The molecule has 7 heteroatoms. The van der Waals surface area contributed by atoms with Crippen molar-refractivity contribution in [2.45, 2.75) is 25.4 Å². The maximum Gasteiger partial charge on any atom is 0.340 e. The van der Waals surface area contributed by atoms with Gasteiger partial charge in [-0.3, -0.25) is 4.68 Å². The molecule has 1 atom stereocenters. The number of carbonyl (C=O) groups excluding carboxylic acids is 1. The minimum Gasteiger partial charge on any atom is -0.465 e. The van der Waals surface area contributed by atoms with Gasteiger partial charge < -0.3 is 15.0 Å². The van der Waals surface area contributed by atoms with Crippen LogP contribution in [0.2, 0.25) is 5.02 Å². The van der Waals surface area contributed by atoms with Crippen LogP contribution < -0.4 is 5.32 Å². The summed E-state index contributed by atoms with van der Waals surface area (Å²) in [5.41, 5.74) is 1.25. The molecule has 5 rings (SSSR count). The SMILES string of the molecule is COC(=O)c1cc(Cl)cc2cnn(CCN[C@@H]3CN4CCC3CC4)c12. The van der Waals surface area contributed by atoms with Crippen molar-refractivity contribution >= 4 is 28.5 Å². The predicted octanol–water partition coefficient (Wildman–Crippen LogP) is 2.16. The van der Waals surface area contributed by atoms with E-state index in [-0.39, 0.29) is 5.97 Å². The number of benzene rings is 1. The Labute approximate surface area is 152 Å². The summed E-state index contributed by atoms with van der Waals surface area (Å²) in [5.74, 6) is 0.406. The van der Waals surface area contributed by atoms with Gasteiger partial charge in [-0.2, -0.15) is 5.10 Å². The van der Waals surface area contributed by atoms with E-state index in [1.54, 1.807) is 12.3 Å². The summed E-state index contributed by atoms with van der Waals surface area (Å²) in [7, 11) is 1.38. The second-order valence-corrected chi connectivity index (χ2v) is 7.39. The Morgan fingerprint density at radius 2 is 2.20 bits per heavy atom. The summed E-state index contributed by atoms with van der Waals surface area (Å²) in [4.78, 5) is 14.6. The van der Waals surface area contributed by atoms with E-state index in [0.717, 1.165) is 29.9 Å². The van der Waals surface area contributed by atoms with E-state index >= 15 is 0 Å². The molecule has 1 aromatic carbocycles. The van der Waals surface area contributed by atoms with Crippen LogP contribution in [-0.2, 0) is 11.3 Å². The fraction of sp³-hybridized carbons (Fsp3) is 0.556. The zero-order valence-electron chi connectivity index (χ0n) is 14.4. The highest BCUT2D eigenvalue weighted by Crippen LogP contribution is 2.28. The summed E-state index contributed by atoms with van der Waals surface area (Å²) < 4.78 is 6.76. The van der Waals surface area contributed by atoms with Crippen LogP contribution in [0.5, 0.6) is 0 Å². The molecule has 0 saturated carbocycles. The molecule has 3 aliphatic rings. The lowest BCUT2D eigenvalue weighted by atomic mass is 9.84. The number of halogens is 1. The molecule has 6 nitrogen and oxygen atoms in total. The van der Waals surface area contributed by atoms with E-state index in [2.05, 4.69) is 15.3 Å². The molecular formula is C18H23ClN4O2. The van der Waals surface area contributed by atoms with Crippen LogP contribution in [-0.4, -0.2) is 60.0 Å². The first kappa shape index (κ1) is 16.8. The zero-order valence-corrected chi connectivity index (χ0v) is 15.1. The number of fused-ring (bicyclic) bond motifs is 4.